The van der Waals surface area contributed by atoms with Crippen LogP contribution in [0.4, 0.5) is 10.1 Å². The fourth-order valence-corrected chi connectivity index (χ4v) is 2.97. The first-order valence-electron chi connectivity index (χ1n) is 8.68. The van der Waals surface area contributed by atoms with Crippen molar-refractivity contribution in [1.82, 2.24) is 25.2 Å². The fraction of sp³-hybridized carbons (Fsp3) is 0.333. The molecule has 0 radical (unpaired) electrons. The number of amides is 1. The van der Waals surface area contributed by atoms with Gasteiger partial charge in [0.2, 0.25) is 5.91 Å². The molecule has 148 valence electrons. The summed E-state index contributed by atoms with van der Waals surface area (Å²) in [6.07, 6.45) is 3.37. The first-order chi connectivity index (χ1) is 13.5. The number of thiocarbonyl (C=S) groups is 1. The Bertz CT molecular complexity index is 887. The van der Waals surface area contributed by atoms with Gasteiger partial charge in [0.15, 0.2) is 0 Å². The maximum Gasteiger partial charge on any atom is 0.256 e. The zero-order valence-electron chi connectivity index (χ0n) is 15.5. The highest BCUT2D eigenvalue weighted by Gasteiger charge is 2.25. The van der Waals surface area contributed by atoms with Crippen LogP contribution in [0.15, 0.2) is 37.1 Å². The third kappa shape index (κ3) is 4.45. The lowest BCUT2D eigenvalue weighted by Crippen LogP contribution is -2.50. The Labute approximate surface area is 167 Å². The fourth-order valence-electron chi connectivity index (χ4n) is 2.90. The molecule has 10 heteroatoms. The standard InChI is InChI=1S/C18H21FN6O2S/c1-3-6-23-7-8-24(12-17(23)26)16-5-4-14(9-15(16)19)25-11-13(21-22-25)10-20-18(28)27-2/h3-5,9,11H,1,6-8,10,12H2,2H3,(H,20,28). The van der Waals surface area contributed by atoms with Crippen LogP contribution in [0, 0.1) is 5.82 Å². The van der Waals surface area contributed by atoms with Gasteiger partial charge in [0, 0.05) is 25.7 Å². The number of aromatic nitrogens is 3. The second kappa shape index (κ2) is 8.79. The van der Waals surface area contributed by atoms with Crippen LogP contribution in [0.3, 0.4) is 0 Å². The molecular formula is C18H21FN6O2S. The quantitative estimate of drug-likeness (QED) is 0.574. The Morgan fingerprint density at radius 1 is 1.46 bits per heavy atom. The number of rotatable bonds is 6. The summed E-state index contributed by atoms with van der Waals surface area (Å²) < 4.78 is 21.0. The van der Waals surface area contributed by atoms with E-state index in [0.29, 0.717) is 43.2 Å². The van der Waals surface area contributed by atoms with Crippen LogP contribution in [0.5, 0.6) is 0 Å². The third-order valence-corrected chi connectivity index (χ3v) is 4.66. The minimum Gasteiger partial charge on any atom is -0.474 e. The van der Waals surface area contributed by atoms with Crippen LogP contribution in [0.25, 0.3) is 5.69 Å². The van der Waals surface area contributed by atoms with Gasteiger partial charge in [-0.1, -0.05) is 11.3 Å². The monoisotopic (exact) mass is 404 g/mol. The van der Waals surface area contributed by atoms with Gasteiger partial charge in [0.1, 0.15) is 11.5 Å². The van der Waals surface area contributed by atoms with Crippen LogP contribution in [0.2, 0.25) is 0 Å². The molecule has 28 heavy (non-hydrogen) atoms. The number of nitrogens with one attached hydrogen (secondary N) is 1. The molecule has 1 aliphatic rings. The van der Waals surface area contributed by atoms with Crippen molar-refractivity contribution in [1.29, 1.82) is 0 Å². The smallest absolute Gasteiger partial charge is 0.256 e. The van der Waals surface area contributed by atoms with Crippen molar-refractivity contribution in [3.05, 3.63) is 48.6 Å². The van der Waals surface area contributed by atoms with Gasteiger partial charge in [-0.25, -0.2) is 9.07 Å². The number of ether oxygens (including phenoxy) is 1. The maximum atomic E-state index is 14.7. The molecule has 2 aromatic rings. The molecule has 1 aromatic carbocycles. The largest absolute Gasteiger partial charge is 0.474 e. The van der Waals surface area contributed by atoms with E-state index >= 15 is 0 Å². The molecular weight excluding hydrogens is 383 g/mol. The predicted octanol–water partition coefficient (Wildman–Crippen LogP) is 1.26. The number of methoxy groups -OCH3 is 1. The molecule has 1 aromatic heterocycles. The summed E-state index contributed by atoms with van der Waals surface area (Å²) in [6.45, 7) is 5.75. The van der Waals surface area contributed by atoms with E-state index in [2.05, 4.69) is 22.2 Å². The minimum absolute atomic E-state index is 0.0444. The Hall–Kier alpha value is -3.01. The molecule has 1 aliphatic heterocycles. The van der Waals surface area contributed by atoms with E-state index in [-0.39, 0.29) is 17.6 Å². The molecule has 2 heterocycles. The summed E-state index contributed by atoms with van der Waals surface area (Å²) in [7, 11) is 1.48. The number of piperazine rings is 1. The summed E-state index contributed by atoms with van der Waals surface area (Å²) >= 11 is 4.90. The van der Waals surface area contributed by atoms with Gasteiger partial charge in [-0.15, -0.1) is 11.7 Å². The summed E-state index contributed by atoms with van der Waals surface area (Å²) in [5, 5.41) is 11.2. The van der Waals surface area contributed by atoms with Gasteiger partial charge in [-0.3, -0.25) is 4.79 Å². The molecule has 0 aliphatic carbocycles. The highest BCUT2D eigenvalue weighted by atomic mass is 32.1. The lowest BCUT2D eigenvalue weighted by molar-refractivity contribution is -0.130. The molecule has 0 bridgehead atoms. The second-order valence-electron chi connectivity index (χ2n) is 6.19. The molecule has 1 fully saturated rings. The number of hydrogen-bond acceptors (Lipinski definition) is 6. The van der Waals surface area contributed by atoms with Crippen LogP contribution >= 0.6 is 12.2 Å². The maximum absolute atomic E-state index is 14.7. The highest BCUT2D eigenvalue weighted by molar-refractivity contribution is 7.80. The zero-order valence-corrected chi connectivity index (χ0v) is 16.3. The highest BCUT2D eigenvalue weighted by Crippen LogP contribution is 2.23. The van der Waals surface area contributed by atoms with Crippen molar-refractivity contribution in [3.8, 4) is 5.69 Å². The number of carbonyl (C=O) groups is 1. The van der Waals surface area contributed by atoms with Gasteiger partial charge >= 0.3 is 0 Å². The van der Waals surface area contributed by atoms with E-state index in [0.717, 1.165) is 0 Å². The average Bonchev–Trinajstić information content (AvgIpc) is 3.17. The number of nitrogens with zero attached hydrogens (tertiary/aromatic N) is 5. The first kappa shape index (κ1) is 19.7. The first-order valence-corrected chi connectivity index (χ1v) is 9.09. The minimum atomic E-state index is -0.418. The lowest BCUT2D eigenvalue weighted by Gasteiger charge is -2.35. The Morgan fingerprint density at radius 2 is 2.29 bits per heavy atom. The van der Waals surface area contributed by atoms with Gasteiger partial charge in [-0.05, 0) is 24.4 Å². The van der Waals surface area contributed by atoms with E-state index in [1.165, 1.54) is 17.9 Å². The molecule has 0 spiro atoms. The van der Waals surface area contributed by atoms with Crippen molar-refractivity contribution in [2.45, 2.75) is 6.54 Å². The van der Waals surface area contributed by atoms with Crippen molar-refractivity contribution >= 4 is 29.0 Å². The second-order valence-corrected chi connectivity index (χ2v) is 6.56. The SMILES string of the molecule is C=CCN1CCN(c2ccc(-n3cc(CNC(=S)OC)nn3)cc2F)CC1=O. The van der Waals surface area contributed by atoms with E-state index in [9.17, 15) is 9.18 Å². The molecule has 0 atom stereocenters. The Kier molecular flexibility index (Phi) is 6.19. The zero-order chi connectivity index (χ0) is 20.1. The van der Waals surface area contributed by atoms with Crippen molar-refractivity contribution in [2.24, 2.45) is 0 Å². The van der Waals surface area contributed by atoms with Gasteiger partial charge < -0.3 is 19.9 Å². The van der Waals surface area contributed by atoms with Gasteiger partial charge in [-0.2, -0.15) is 0 Å². The summed E-state index contributed by atoms with van der Waals surface area (Å²) in [6, 6.07) is 4.77. The number of benzene rings is 1. The topological polar surface area (TPSA) is 75.5 Å². The molecule has 1 N–H and O–H groups in total. The molecule has 1 amide bonds. The van der Waals surface area contributed by atoms with Crippen molar-refractivity contribution in [2.75, 3.05) is 38.2 Å². The van der Waals surface area contributed by atoms with Gasteiger partial charge in [0.05, 0.1) is 37.8 Å². The van der Waals surface area contributed by atoms with E-state index in [1.807, 2.05) is 0 Å². The van der Waals surface area contributed by atoms with E-state index in [4.69, 9.17) is 17.0 Å². The van der Waals surface area contributed by atoms with E-state index in [1.54, 1.807) is 34.2 Å². The van der Waals surface area contributed by atoms with Gasteiger partial charge in [0.25, 0.3) is 5.17 Å². The van der Waals surface area contributed by atoms with Crippen LogP contribution in [-0.2, 0) is 16.1 Å². The van der Waals surface area contributed by atoms with Crippen LogP contribution in [-0.4, -0.2) is 64.3 Å². The molecule has 3 rings (SSSR count). The molecule has 1 saturated heterocycles. The number of carbonyl (C=O) groups excluding carboxylic acids is 1. The third-order valence-electron chi connectivity index (χ3n) is 4.34. The Balaban J connectivity index is 1.69. The lowest BCUT2D eigenvalue weighted by atomic mass is 10.2. The number of anilines is 1. The summed E-state index contributed by atoms with van der Waals surface area (Å²) in [5.41, 5.74) is 1.56. The molecule has 0 unspecified atom stereocenters. The summed E-state index contributed by atoms with van der Waals surface area (Å²) in [4.78, 5) is 15.6. The van der Waals surface area contributed by atoms with Crippen LogP contribution in [0.1, 0.15) is 5.69 Å². The van der Waals surface area contributed by atoms with Crippen molar-refractivity contribution < 1.29 is 13.9 Å². The number of halogens is 1. The van der Waals surface area contributed by atoms with Crippen molar-refractivity contribution in [3.63, 3.8) is 0 Å². The number of hydrogen-bond donors (Lipinski definition) is 1. The molecule has 8 nitrogen and oxygen atoms in total. The Morgan fingerprint density at radius 3 is 2.96 bits per heavy atom. The molecule has 0 saturated carbocycles. The average molecular weight is 404 g/mol. The normalized spacial score (nSPS) is 14.1. The van der Waals surface area contributed by atoms with E-state index < -0.39 is 5.82 Å². The summed E-state index contributed by atoms with van der Waals surface area (Å²) in [5.74, 6) is -0.463. The predicted molar refractivity (Wildman–Crippen MR) is 107 cm³/mol. The van der Waals surface area contributed by atoms with Crippen LogP contribution < -0.4 is 10.2 Å².